The SMILES string of the molecule is CCOCCC1(CNC(=NC)N(C)CCOCC2CC2)CCCC1.I. The van der Waals surface area contributed by atoms with Gasteiger partial charge in [-0.15, -0.1) is 24.0 Å². The van der Waals surface area contributed by atoms with E-state index in [9.17, 15) is 0 Å². The fourth-order valence-corrected chi connectivity index (χ4v) is 3.57. The van der Waals surface area contributed by atoms with Crippen LogP contribution in [-0.4, -0.2) is 64.5 Å². The van der Waals surface area contributed by atoms with Crippen LogP contribution in [0.25, 0.3) is 0 Å². The molecule has 0 unspecified atom stereocenters. The summed E-state index contributed by atoms with van der Waals surface area (Å²) in [7, 11) is 3.96. The summed E-state index contributed by atoms with van der Waals surface area (Å²) in [5.41, 5.74) is 0.383. The first-order valence-electron chi connectivity index (χ1n) is 9.76. The summed E-state index contributed by atoms with van der Waals surface area (Å²) in [5.74, 6) is 1.81. The molecule has 0 aliphatic heterocycles. The molecule has 0 amide bonds. The average molecular weight is 467 g/mol. The standard InChI is InChI=1S/C19H37N3O2.HI/c1-4-23-13-11-19(9-5-6-10-19)16-21-18(20-2)22(3)12-14-24-15-17-7-8-17;/h17H,4-16H2,1-3H3,(H,20,21);1H. The number of likely N-dealkylation sites (N-methyl/N-ethyl adjacent to an activating group) is 1. The third kappa shape index (κ3) is 8.43. The Balaban J connectivity index is 0.00000312. The molecular formula is C19H38IN3O2. The lowest BCUT2D eigenvalue weighted by atomic mass is 9.83. The zero-order valence-electron chi connectivity index (χ0n) is 16.4. The summed E-state index contributed by atoms with van der Waals surface area (Å²) in [5, 5.41) is 3.61. The van der Waals surface area contributed by atoms with Crippen LogP contribution < -0.4 is 5.32 Å². The highest BCUT2D eigenvalue weighted by Gasteiger charge is 2.33. The van der Waals surface area contributed by atoms with Crippen molar-refractivity contribution in [1.82, 2.24) is 10.2 Å². The van der Waals surface area contributed by atoms with Crippen molar-refractivity contribution in [3.05, 3.63) is 0 Å². The van der Waals surface area contributed by atoms with E-state index in [1.54, 1.807) is 0 Å². The summed E-state index contributed by atoms with van der Waals surface area (Å²) >= 11 is 0. The number of hydrogen-bond donors (Lipinski definition) is 1. The van der Waals surface area contributed by atoms with Crippen molar-refractivity contribution in [1.29, 1.82) is 0 Å². The van der Waals surface area contributed by atoms with Crippen molar-refractivity contribution in [2.24, 2.45) is 16.3 Å². The largest absolute Gasteiger partial charge is 0.382 e. The molecule has 2 aliphatic rings. The predicted octanol–water partition coefficient (Wildman–Crippen LogP) is 3.53. The van der Waals surface area contributed by atoms with Gasteiger partial charge in [-0.25, -0.2) is 0 Å². The summed E-state index contributed by atoms with van der Waals surface area (Å²) < 4.78 is 11.4. The molecule has 2 saturated carbocycles. The second kappa shape index (κ2) is 12.3. The van der Waals surface area contributed by atoms with Gasteiger partial charge in [-0.2, -0.15) is 0 Å². The van der Waals surface area contributed by atoms with Gasteiger partial charge in [0.15, 0.2) is 5.96 Å². The molecule has 0 radical (unpaired) electrons. The van der Waals surface area contributed by atoms with Crippen molar-refractivity contribution >= 4 is 29.9 Å². The highest BCUT2D eigenvalue weighted by atomic mass is 127. The number of halogens is 1. The zero-order chi connectivity index (χ0) is 17.3. The highest BCUT2D eigenvalue weighted by molar-refractivity contribution is 14.0. The molecule has 0 bridgehead atoms. The molecule has 0 aromatic heterocycles. The average Bonchev–Trinajstić information content (AvgIpc) is 3.30. The number of nitrogens with zero attached hydrogens (tertiary/aromatic N) is 2. The Morgan fingerprint density at radius 3 is 2.52 bits per heavy atom. The molecule has 2 rings (SSSR count). The Kier molecular flexibility index (Phi) is 11.3. The summed E-state index contributed by atoms with van der Waals surface area (Å²) in [6.07, 6.45) is 9.15. The molecule has 2 aliphatic carbocycles. The number of rotatable bonds is 11. The zero-order valence-corrected chi connectivity index (χ0v) is 18.7. The van der Waals surface area contributed by atoms with Gasteiger partial charge in [-0.05, 0) is 50.4 Å². The normalized spacial score (nSPS) is 19.6. The molecule has 5 nitrogen and oxygen atoms in total. The molecule has 0 heterocycles. The number of nitrogens with one attached hydrogen (secondary N) is 1. The van der Waals surface area contributed by atoms with E-state index in [1.807, 2.05) is 7.05 Å². The summed E-state index contributed by atoms with van der Waals surface area (Å²) in [4.78, 5) is 6.63. The van der Waals surface area contributed by atoms with Crippen molar-refractivity contribution in [3.8, 4) is 0 Å². The Morgan fingerprint density at radius 1 is 1.20 bits per heavy atom. The first-order chi connectivity index (χ1) is 11.7. The number of guanidine groups is 1. The topological polar surface area (TPSA) is 46.1 Å². The van der Waals surface area contributed by atoms with Crippen molar-refractivity contribution < 1.29 is 9.47 Å². The van der Waals surface area contributed by atoms with Crippen LogP contribution in [0.15, 0.2) is 4.99 Å². The quantitative estimate of drug-likeness (QED) is 0.219. The van der Waals surface area contributed by atoms with Crippen LogP contribution in [0.4, 0.5) is 0 Å². The van der Waals surface area contributed by atoms with Crippen LogP contribution in [0.2, 0.25) is 0 Å². The third-order valence-corrected chi connectivity index (χ3v) is 5.46. The van der Waals surface area contributed by atoms with E-state index in [2.05, 4.69) is 29.2 Å². The van der Waals surface area contributed by atoms with Crippen LogP contribution in [0.5, 0.6) is 0 Å². The Hall–Kier alpha value is -0.0800. The highest BCUT2D eigenvalue weighted by Crippen LogP contribution is 2.40. The van der Waals surface area contributed by atoms with E-state index >= 15 is 0 Å². The van der Waals surface area contributed by atoms with Crippen LogP contribution in [0, 0.1) is 11.3 Å². The summed E-state index contributed by atoms with van der Waals surface area (Å²) in [6, 6.07) is 0. The van der Waals surface area contributed by atoms with Crippen LogP contribution >= 0.6 is 24.0 Å². The molecule has 0 spiro atoms. The van der Waals surface area contributed by atoms with E-state index in [0.29, 0.717) is 5.41 Å². The maximum atomic E-state index is 5.75. The maximum absolute atomic E-state index is 5.75. The molecule has 6 heteroatoms. The Morgan fingerprint density at radius 2 is 1.92 bits per heavy atom. The number of hydrogen-bond acceptors (Lipinski definition) is 3. The van der Waals surface area contributed by atoms with E-state index < -0.39 is 0 Å². The van der Waals surface area contributed by atoms with E-state index in [1.165, 1.54) is 38.5 Å². The molecule has 0 saturated heterocycles. The Bertz CT molecular complexity index is 383. The minimum Gasteiger partial charge on any atom is -0.382 e. The van der Waals surface area contributed by atoms with Gasteiger partial charge in [0.05, 0.1) is 6.61 Å². The fourth-order valence-electron chi connectivity index (χ4n) is 3.57. The molecule has 1 N–H and O–H groups in total. The van der Waals surface area contributed by atoms with E-state index in [4.69, 9.17) is 9.47 Å². The third-order valence-electron chi connectivity index (χ3n) is 5.46. The van der Waals surface area contributed by atoms with Gasteiger partial charge in [0.1, 0.15) is 0 Å². The molecule has 25 heavy (non-hydrogen) atoms. The van der Waals surface area contributed by atoms with Gasteiger partial charge < -0.3 is 19.7 Å². The minimum atomic E-state index is 0. The second-order valence-electron chi connectivity index (χ2n) is 7.49. The van der Waals surface area contributed by atoms with Gasteiger partial charge in [-0.1, -0.05) is 12.8 Å². The van der Waals surface area contributed by atoms with Crippen molar-refractivity contribution in [2.45, 2.75) is 51.9 Å². The minimum absolute atomic E-state index is 0. The fraction of sp³-hybridized carbons (Fsp3) is 0.947. The molecule has 0 aromatic carbocycles. The lowest BCUT2D eigenvalue weighted by Crippen LogP contribution is -2.45. The molecule has 0 aromatic rings. The second-order valence-corrected chi connectivity index (χ2v) is 7.49. The number of ether oxygens (including phenoxy) is 2. The van der Waals surface area contributed by atoms with Gasteiger partial charge in [-0.3, -0.25) is 4.99 Å². The monoisotopic (exact) mass is 467 g/mol. The maximum Gasteiger partial charge on any atom is 0.193 e. The lowest BCUT2D eigenvalue weighted by Gasteiger charge is -2.31. The molecule has 148 valence electrons. The number of aliphatic imine (C=N–C) groups is 1. The van der Waals surface area contributed by atoms with E-state index in [0.717, 1.165) is 57.8 Å². The van der Waals surface area contributed by atoms with Crippen molar-refractivity contribution in [2.75, 3.05) is 53.6 Å². The van der Waals surface area contributed by atoms with Gasteiger partial charge in [0.25, 0.3) is 0 Å². The summed E-state index contributed by atoms with van der Waals surface area (Å²) in [6.45, 7) is 7.36. The smallest absolute Gasteiger partial charge is 0.193 e. The first-order valence-corrected chi connectivity index (χ1v) is 9.76. The molecular weight excluding hydrogens is 429 g/mol. The lowest BCUT2D eigenvalue weighted by molar-refractivity contribution is 0.104. The molecule has 2 fully saturated rings. The van der Waals surface area contributed by atoms with Crippen molar-refractivity contribution in [3.63, 3.8) is 0 Å². The van der Waals surface area contributed by atoms with Gasteiger partial charge >= 0.3 is 0 Å². The van der Waals surface area contributed by atoms with Gasteiger partial charge in [0.2, 0.25) is 0 Å². The van der Waals surface area contributed by atoms with E-state index in [-0.39, 0.29) is 24.0 Å². The van der Waals surface area contributed by atoms with Crippen LogP contribution in [0.3, 0.4) is 0 Å². The first kappa shape index (κ1) is 23.0. The Labute approximate surface area is 171 Å². The van der Waals surface area contributed by atoms with Crippen LogP contribution in [0.1, 0.15) is 51.9 Å². The predicted molar refractivity (Wildman–Crippen MR) is 115 cm³/mol. The molecule has 0 atom stereocenters. The van der Waals surface area contributed by atoms with Gasteiger partial charge in [0, 0.05) is 47.0 Å². The van der Waals surface area contributed by atoms with Crippen LogP contribution in [-0.2, 0) is 9.47 Å².